The molecule has 1 amide bonds. The van der Waals surface area contributed by atoms with Crippen LogP contribution in [-0.4, -0.2) is 29.1 Å². The number of rotatable bonds is 3. The Labute approximate surface area is 143 Å². The Balaban J connectivity index is 1.71. The van der Waals surface area contributed by atoms with Gasteiger partial charge in [0.15, 0.2) is 5.13 Å². The molecule has 24 heavy (non-hydrogen) atoms. The van der Waals surface area contributed by atoms with Crippen LogP contribution in [0.15, 0.2) is 22.7 Å². The highest BCUT2D eigenvalue weighted by Gasteiger charge is 2.24. The SMILES string of the molecule is Cc1noc(C)c1-c1cccc2nc(NC(=O)[C@H]3CCNC3)sc12. The molecule has 2 N–H and O–H groups in total. The largest absolute Gasteiger partial charge is 0.361 e. The van der Waals surface area contributed by atoms with E-state index in [9.17, 15) is 4.79 Å². The maximum absolute atomic E-state index is 12.3. The van der Waals surface area contributed by atoms with Gasteiger partial charge in [-0.3, -0.25) is 4.79 Å². The van der Waals surface area contributed by atoms with Crippen LogP contribution in [0.1, 0.15) is 17.9 Å². The molecule has 0 radical (unpaired) electrons. The van der Waals surface area contributed by atoms with Crippen LogP contribution in [0.3, 0.4) is 0 Å². The number of hydrogen-bond donors (Lipinski definition) is 2. The van der Waals surface area contributed by atoms with Crippen LogP contribution in [0.5, 0.6) is 0 Å². The first-order valence-corrected chi connectivity index (χ1v) is 8.79. The number of anilines is 1. The van der Waals surface area contributed by atoms with Crippen molar-refractivity contribution >= 4 is 32.6 Å². The number of fused-ring (bicyclic) bond motifs is 1. The third kappa shape index (κ3) is 2.59. The molecule has 1 fully saturated rings. The number of nitrogens with zero attached hydrogens (tertiary/aromatic N) is 2. The van der Waals surface area contributed by atoms with Gasteiger partial charge >= 0.3 is 0 Å². The first kappa shape index (κ1) is 15.3. The van der Waals surface area contributed by atoms with E-state index in [0.29, 0.717) is 5.13 Å². The van der Waals surface area contributed by atoms with Crippen LogP contribution in [0.4, 0.5) is 5.13 Å². The topological polar surface area (TPSA) is 80.1 Å². The van der Waals surface area contributed by atoms with Gasteiger partial charge in [0.25, 0.3) is 0 Å². The molecule has 2 aromatic heterocycles. The summed E-state index contributed by atoms with van der Waals surface area (Å²) in [6.07, 6.45) is 0.876. The van der Waals surface area contributed by atoms with Gasteiger partial charge in [-0.05, 0) is 32.9 Å². The van der Waals surface area contributed by atoms with Crippen molar-refractivity contribution in [2.24, 2.45) is 5.92 Å². The highest BCUT2D eigenvalue weighted by Crippen LogP contribution is 2.37. The van der Waals surface area contributed by atoms with E-state index in [1.165, 1.54) is 11.3 Å². The van der Waals surface area contributed by atoms with Crippen LogP contribution < -0.4 is 10.6 Å². The summed E-state index contributed by atoms with van der Waals surface area (Å²) in [5.74, 6) is 0.855. The zero-order valence-corrected chi connectivity index (χ0v) is 14.4. The lowest BCUT2D eigenvalue weighted by atomic mass is 10.0. The third-order valence-corrected chi connectivity index (χ3v) is 5.40. The summed E-state index contributed by atoms with van der Waals surface area (Å²) in [4.78, 5) is 16.9. The lowest BCUT2D eigenvalue weighted by Gasteiger charge is -2.06. The number of benzene rings is 1. The van der Waals surface area contributed by atoms with E-state index < -0.39 is 0 Å². The van der Waals surface area contributed by atoms with Gasteiger partial charge in [0, 0.05) is 17.7 Å². The Morgan fingerprint density at radius 2 is 2.29 bits per heavy atom. The number of aryl methyl sites for hydroxylation is 2. The van der Waals surface area contributed by atoms with Gasteiger partial charge in [0.1, 0.15) is 5.76 Å². The van der Waals surface area contributed by atoms with Gasteiger partial charge in [0.05, 0.1) is 21.8 Å². The average Bonchev–Trinajstić information content (AvgIpc) is 3.27. The molecule has 6 nitrogen and oxygen atoms in total. The molecule has 0 saturated carbocycles. The van der Waals surface area contributed by atoms with Crippen molar-refractivity contribution in [3.8, 4) is 11.1 Å². The summed E-state index contributed by atoms with van der Waals surface area (Å²) < 4.78 is 6.33. The summed E-state index contributed by atoms with van der Waals surface area (Å²) in [5.41, 5.74) is 3.78. The van der Waals surface area contributed by atoms with E-state index in [1.807, 2.05) is 32.0 Å². The molecule has 1 atom stereocenters. The maximum Gasteiger partial charge on any atom is 0.230 e. The zero-order valence-electron chi connectivity index (χ0n) is 13.5. The average molecular weight is 342 g/mol. The van der Waals surface area contributed by atoms with E-state index in [1.54, 1.807) is 0 Å². The molecule has 124 valence electrons. The molecule has 1 aromatic carbocycles. The number of amides is 1. The Morgan fingerprint density at radius 1 is 1.42 bits per heavy atom. The highest BCUT2D eigenvalue weighted by atomic mass is 32.1. The van der Waals surface area contributed by atoms with E-state index in [0.717, 1.165) is 52.3 Å². The van der Waals surface area contributed by atoms with Crippen molar-refractivity contribution in [1.29, 1.82) is 0 Å². The number of carbonyl (C=O) groups is 1. The van der Waals surface area contributed by atoms with Gasteiger partial charge in [-0.15, -0.1) is 0 Å². The first-order chi connectivity index (χ1) is 11.6. The fourth-order valence-electron chi connectivity index (χ4n) is 3.15. The summed E-state index contributed by atoms with van der Waals surface area (Å²) in [6.45, 7) is 5.47. The molecule has 3 aromatic rings. The van der Waals surface area contributed by atoms with Crippen LogP contribution in [-0.2, 0) is 4.79 Å². The molecule has 0 spiro atoms. The summed E-state index contributed by atoms with van der Waals surface area (Å²) in [6, 6.07) is 5.97. The highest BCUT2D eigenvalue weighted by molar-refractivity contribution is 7.22. The first-order valence-electron chi connectivity index (χ1n) is 7.98. The lowest BCUT2D eigenvalue weighted by Crippen LogP contribution is -2.24. The molecule has 1 saturated heterocycles. The predicted octanol–water partition coefficient (Wildman–Crippen LogP) is 3.12. The second-order valence-corrected chi connectivity index (χ2v) is 7.05. The van der Waals surface area contributed by atoms with Crippen LogP contribution in [0, 0.1) is 19.8 Å². The third-order valence-electron chi connectivity index (χ3n) is 4.38. The van der Waals surface area contributed by atoms with Crippen molar-refractivity contribution in [1.82, 2.24) is 15.5 Å². The number of hydrogen-bond acceptors (Lipinski definition) is 6. The predicted molar refractivity (Wildman–Crippen MR) is 94.2 cm³/mol. The molecule has 4 rings (SSSR count). The Bertz CT molecular complexity index is 889. The smallest absolute Gasteiger partial charge is 0.230 e. The summed E-state index contributed by atoms with van der Waals surface area (Å²) in [7, 11) is 0. The zero-order chi connectivity index (χ0) is 16.7. The molecule has 1 aliphatic heterocycles. The van der Waals surface area contributed by atoms with E-state index in [-0.39, 0.29) is 11.8 Å². The monoisotopic (exact) mass is 342 g/mol. The molecule has 0 unspecified atom stereocenters. The van der Waals surface area contributed by atoms with Crippen LogP contribution >= 0.6 is 11.3 Å². The number of thiazole rings is 1. The number of carbonyl (C=O) groups excluding carboxylic acids is 1. The van der Waals surface area contributed by atoms with Gasteiger partial charge in [0.2, 0.25) is 5.91 Å². The Hall–Kier alpha value is -2.25. The number of nitrogens with one attached hydrogen (secondary N) is 2. The van der Waals surface area contributed by atoms with E-state index >= 15 is 0 Å². The molecule has 7 heteroatoms. The minimum absolute atomic E-state index is 0.0269. The molecule has 3 heterocycles. The molecule has 0 aliphatic carbocycles. The molecular weight excluding hydrogens is 324 g/mol. The van der Waals surface area contributed by atoms with Crippen molar-refractivity contribution in [3.05, 3.63) is 29.7 Å². The van der Waals surface area contributed by atoms with Crippen molar-refractivity contribution in [2.75, 3.05) is 18.4 Å². The van der Waals surface area contributed by atoms with Gasteiger partial charge in [-0.25, -0.2) is 4.98 Å². The second kappa shape index (κ2) is 5.99. The van der Waals surface area contributed by atoms with E-state index in [4.69, 9.17) is 4.52 Å². The second-order valence-electron chi connectivity index (χ2n) is 6.05. The molecule has 1 aliphatic rings. The number of aromatic nitrogens is 2. The quantitative estimate of drug-likeness (QED) is 0.764. The minimum atomic E-state index is 0.0269. The van der Waals surface area contributed by atoms with Crippen molar-refractivity contribution < 1.29 is 9.32 Å². The van der Waals surface area contributed by atoms with Gasteiger partial charge in [-0.1, -0.05) is 28.6 Å². The summed E-state index contributed by atoms with van der Waals surface area (Å²) >= 11 is 1.49. The maximum atomic E-state index is 12.3. The van der Waals surface area contributed by atoms with Crippen LogP contribution in [0.2, 0.25) is 0 Å². The molecular formula is C17H18N4O2S. The standard InChI is InChI=1S/C17H18N4O2S/c1-9-14(10(2)23-21-9)12-4-3-5-13-15(12)24-17(19-13)20-16(22)11-6-7-18-8-11/h3-5,11,18H,6-8H2,1-2H3,(H,19,20,22)/t11-/m0/s1. The van der Waals surface area contributed by atoms with Gasteiger partial charge in [-0.2, -0.15) is 0 Å². The van der Waals surface area contributed by atoms with Crippen LogP contribution in [0.25, 0.3) is 21.3 Å². The Kier molecular flexibility index (Phi) is 3.82. The normalized spacial score (nSPS) is 17.5. The summed E-state index contributed by atoms with van der Waals surface area (Å²) in [5, 5.41) is 10.9. The minimum Gasteiger partial charge on any atom is -0.361 e. The fraction of sp³-hybridized carbons (Fsp3) is 0.353. The van der Waals surface area contributed by atoms with Gasteiger partial charge < -0.3 is 15.2 Å². The van der Waals surface area contributed by atoms with E-state index in [2.05, 4.69) is 20.8 Å². The fourth-order valence-corrected chi connectivity index (χ4v) is 4.14. The Morgan fingerprint density at radius 3 is 3.00 bits per heavy atom. The lowest BCUT2D eigenvalue weighted by molar-refractivity contribution is -0.119. The van der Waals surface area contributed by atoms with Crippen molar-refractivity contribution in [3.63, 3.8) is 0 Å². The molecule has 0 bridgehead atoms. The van der Waals surface area contributed by atoms with Crippen molar-refractivity contribution in [2.45, 2.75) is 20.3 Å².